The first-order valence-electron chi connectivity index (χ1n) is 5.44. The second kappa shape index (κ2) is 7.78. The van der Waals surface area contributed by atoms with E-state index >= 15 is 0 Å². The van der Waals surface area contributed by atoms with Crippen LogP contribution < -0.4 is 0 Å². The zero-order valence-electron chi connectivity index (χ0n) is 11.0. The highest BCUT2D eigenvalue weighted by Gasteiger charge is 2.24. The fourth-order valence-corrected chi connectivity index (χ4v) is 2.15. The average Bonchev–Trinajstić information content (AvgIpc) is 2.19. The number of ether oxygens (including phenoxy) is 1. The smallest absolute Gasteiger partial charge is 0.336 e. The molecule has 0 fully saturated rings. The summed E-state index contributed by atoms with van der Waals surface area (Å²) < 4.78 is 57.1. The van der Waals surface area contributed by atoms with Crippen molar-refractivity contribution >= 4 is 26.2 Å². The van der Waals surface area contributed by atoms with Crippen LogP contribution in [0.15, 0.2) is 0 Å². The molecule has 0 saturated carbocycles. The largest absolute Gasteiger partial charge is 0.464 e. The normalized spacial score (nSPS) is 14.1. The van der Waals surface area contributed by atoms with Gasteiger partial charge in [-0.15, -0.1) is 0 Å². The van der Waals surface area contributed by atoms with E-state index in [9.17, 15) is 21.6 Å². The van der Waals surface area contributed by atoms with E-state index in [1.165, 1.54) is 0 Å². The number of carbonyl (C=O) groups excluding carboxylic acids is 1. The Bertz CT molecular complexity index is 478. The molecule has 0 aliphatic rings. The standard InChI is InChI=1S/C9H18O8S2/c1-4-15-9(10)8(17-19(3,13)14)6-5-7-16-18(2,11)12/h8H,4-7H2,1-3H3. The first-order valence-corrected chi connectivity index (χ1v) is 9.07. The van der Waals surface area contributed by atoms with Gasteiger partial charge in [0, 0.05) is 0 Å². The summed E-state index contributed by atoms with van der Waals surface area (Å²) in [6, 6.07) is 0. The quantitative estimate of drug-likeness (QED) is 0.322. The van der Waals surface area contributed by atoms with Gasteiger partial charge in [0.2, 0.25) is 0 Å². The van der Waals surface area contributed by atoms with Crippen molar-refractivity contribution in [3.8, 4) is 0 Å². The van der Waals surface area contributed by atoms with Gasteiger partial charge in [-0.05, 0) is 19.8 Å². The zero-order chi connectivity index (χ0) is 15.1. The summed E-state index contributed by atoms with van der Waals surface area (Å²) >= 11 is 0. The van der Waals surface area contributed by atoms with E-state index in [2.05, 4.69) is 13.1 Å². The molecule has 10 heteroatoms. The molecular formula is C9H18O8S2. The minimum absolute atomic E-state index is 0.0264. The maximum Gasteiger partial charge on any atom is 0.336 e. The third-order valence-corrected chi connectivity index (χ3v) is 2.93. The van der Waals surface area contributed by atoms with Gasteiger partial charge in [0.25, 0.3) is 20.2 Å². The van der Waals surface area contributed by atoms with Crippen LogP contribution in [-0.4, -0.2) is 54.6 Å². The van der Waals surface area contributed by atoms with E-state index in [4.69, 9.17) is 0 Å². The molecule has 1 atom stereocenters. The van der Waals surface area contributed by atoms with Crippen molar-refractivity contribution in [2.24, 2.45) is 0 Å². The third kappa shape index (κ3) is 10.9. The van der Waals surface area contributed by atoms with Crippen LogP contribution in [0.2, 0.25) is 0 Å². The molecule has 114 valence electrons. The predicted octanol–water partition coefficient (Wildman–Crippen LogP) is -0.349. The fourth-order valence-electron chi connectivity index (χ4n) is 1.13. The molecule has 0 aliphatic heterocycles. The Balaban J connectivity index is 4.39. The Kier molecular flexibility index (Phi) is 7.49. The van der Waals surface area contributed by atoms with Crippen LogP contribution in [0.5, 0.6) is 0 Å². The lowest BCUT2D eigenvalue weighted by atomic mass is 10.2. The van der Waals surface area contributed by atoms with Gasteiger partial charge in [-0.2, -0.15) is 16.8 Å². The second-order valence-electron chi connectivity index (χ2n) is 3.71. The molecule has 0 aliphatic carbocycles. The van der Waals surface area contributed by atoms with Crippen molar-refractivity contribution in [2.45, 2.75) is 25.9 Å². The Hall–Kier alpha value is -0.710. The lowest BCUT2D eigenvalue weighted by Gasteiger charge is -2.14. The summed E-state index contributed by atoms with van der Waals surface area (Å²) in [6.07, 6.45) is 0.515. The molecule has 0 aromatic rings. The minimum atomic E-state index is -3.81. The molecule has 19 heavy (non-hydrogen) atoms. The monoisotopic (exact) mass is 318 g/mol. The van der Waals surface area contributed by atoms with Crippen molar-refractivity contribution in [3.05, 3.63) is 0 Å². The molecule has 0 rings (SSSR count). The van der Waals surface area contributed by atoms with Crippen molar-refractivity contribution in [1.29, 1.82) is 0 Å². The second-order valence-corrected chi connectivity index (χ2v) is 6.95. The molecule has 0 spiro atoms. The van der Waals surface area contributed by atoms with E-state index in [1.807, 2.05) is 0 Å². The Labute approximate surface area is 113 Å². The molecule has 8 nitrogen and oxygen atoms in total. The highest BCUT2D eigenvalue weighted by molar-refractivity contribution is 7.86. The fraction of sp³-hybridized carbons (Fsp3) is 0.889. The van der Waals surface area contributed by atoms with Crippen LogP contribution in [-0.2, 0) is 38.1 Å². The van der Waals surface area contributed by atoms with Gasteiger partial charge in [0.15, 0.2) is 6.10 Å². The van der Waals surface area contributed by atoms with Gasteiger partial charge < -0.3 is 4.74 Å². The zero-order valence-corrected chi connectivity index (χ0v) is 12.6. The molecule has 0 aromatic heterocycles. The van der Waals surface area contributed by atoms with Crippen molar-refractivity contribution in [2.75, 3.05) is 25.7 Å². The van der Waals surface area contributed by atoms with Gasteiger partial charge in [-0.3, -0.25) is 8.37 Å². The van der Waals surface area contributed by atoms with Gasteiger partial charge >= 0.3 is 5.97 Å². The molecule has 0 heterocycles. The molecular weight excluding hydrogens is 300 g/mol. The molecule has 0 N–H and O–H groups in total. The van der Waals surface area contributed by atoms with Crippen LogP contribution in [0.3, 0.4) is 0 Å². The number of carbonyl (C=O) groups is 1. The van der Waals surface area contributed by atoms with Crippen LogP contribution >= 0.6 is 0 Å². The predicted molar refractivity (Wildman–Crippen MR) is 66.4 cm³/mol. The maximum absolute atomic E-state index is 11.4. The summed E-state index contributed by atoms with van der Waals surface area (Å²) in [5, 5.41) is 0. The SMILES string of the molecule is CCOC(=O)C(CCCOS(C)(=O)=O)OS(C)(=O)=O. The molecule has 0 saturated heterocycles. The van der Waals surface area contributed by atoms with E-state index in [-0.39, 0.29) is 26.1 Å². The summed E-state index contributed by atoms with van der Waals surface area (Å²) in [7, 11) is -7.38. The molecule has 0 bridgehead atoms. The first-order chi connectivity index (χ1) is 8.55. The summed E-state index contributed by atoms with van der Waals surface area (Å²) in [4.78, 5) is 11.4. The molecule has 0 aromatic carbocycles. The topological polar surface area (TPSA) is 113 Å². The lowest BCUT2D eigenvalue weighted by molar-refractivity contribution is -0.151. The number of hydrogen-bond acceptors (Lipinski definition) is 8. The minimum Gasteiger partial charge on any atom is -0.464 e. The van der Waals surface area contributed by atoms with Crippen molar-refractivity contribution < 1.29 is 34.7 Å². The van der Waals surface area contributed by atoms with E-state index in [1.54, 1.807) is 6.92 Å². The van der Waals surface area contributed by atoms with Crippen LogP contribution in [0.25, 0.3) is 0 Å². The van der Waals surface area contributed by atoms with Crippen molar-refractivity contribution in [1.82, 2.24) is 0 Å². The van der Waals surface area contributed by atoms with E-state index in [0.717, 1.165) is 12.5 Å². The number of rotatable bonds is 9. The first kappa shape index (κ1) is 18.3. The summed E-state index contributed by atoms with van der Waals surface area (Å²) in [5.74, 6) is -0.813. The van der Waals surface area contributed by atoms with Crippen molar-refractivity contribution in [3.63, 3.8) is 0 Å². The van der Waals surface area contributed by atoms with Crippen LogP contribution in [0, 0.1) is 0 Å². The highest BCUT2D eigenvalue weighted by atomic mass is 32.2. The van der Waals surface area contributed by atoms with Gasteiger partial charge in [-0.25, -0.2) is 4.79 Å². The molecule has 0 amide bonds. The Morgan fingerprint density at radius 2 is 1.68 bits per heavy atom. The Morgan fingerprint density at radius 3 is 2.11 bits per heavy atom. The van der Waals surface area contributed by atoms with Gasteiger partial charge in [-0.1, -0.05) is 0 Å². The van der Waals surface area contributed by atoms with Crippen LogP contribution in [0.4, 0.5) is 0 Å². The third-order valence-electron chi connectivity index (χ3n) is 1.75. The maximum atomic E-state index is 11.4. The molecule has 0 radical (unpaired) electrons. The van der Waals surface area contributed by atoms with E-state index < -0.39 is 32.3 Å². The Morgan fingerprint density at radius 1 is 1.11 bits per heavy atom. The summed E-state index contributed by atoms with van der Waals surface area (Å²) in [6.45, 7) is 1.49. The highest BCUT2D eigenvalue weighted by Crippen LogP contribution is 2.09. The lowest BCUT2D eigenvalue weighted by Crippen LogP contribution is -2.29. The van der Waals surface area contributed by atoms with Gasteiger partial charge in [0.1, 0.15) is 0 Å². The average molecular weight is 318 g/mol. The number of esters is 1. The van der Waals surface area contributed by atoms with Gasteiger partial charge in [0.05, 0.1) is 25.7 Å². The van der Waals surface area contributed by atoms with E-state index in [0.29, 0.717) is 0 Å². The summed E-state index contributed by atoms with van der Waals surface area (Å²) in [5.41, 5.74) is 0. The number of hydrogen-bond donors (Lipinski definition) is 0. The van der Waals surface area contributed by atoms with Crippen LogP contribution in [0.1, 0.15) is 19.8 Å². The molecule has 1 unspecified atom stereocenters.